The number of hydrogen-bond acceptors (Lipinski definition) is 2. The summed E-state index contributed by atoms with van der Waals surface area (Å²) in [5.74, 6) is 0.781. The largest absolute Gasteiger partial charge is 0.501 e. The second-order valence-electron chi connectivity index (χ2n) is 4.76. The zero-order chi connectivity index (χ0) is 11.2. The molecule has 1 heterocycles. The third-order valence-electron chi connectivity index (χ3n) is 4.07. The molecule has 1 saturated carbocycles. The summed E-state index contributed by atoms with van der Waals surface area (Å²) in [6.45, 7) is 2.91. The fraction of sp³-hybridized carbons (Fsp3) is 0.429. The van der Waals surface area contributed by atoms with Crippen molar-refractivity contribution in [2.75, 3.05) is 6.61 Å². The fourth-order valence-electron chi connectivity index (χ4n) is 3.06. The Morgan fingerprint density at radius 3 is 2.81 bits per heavy atom. The molecule has 0 amide bonds. The van der Waals surface area contributed by atoms with Crippen molar-refractivity contribution < 1.29 is 9.84 Å². The summed E-state index contributed by atoms with van der Waals surface area (Å²) >= 11 is 0. The second kappa shape index (κ2) is 3.36. The van der Waals surface area contributed by atoms with Crippen molar-refractivity contribution in [1.82, 2.24) is 0 Å². The Hall–Kier alpha value is -1.28. The van der Waals surface area contributed by atoms with Gasteiger partial charge in [-0.2, -0.15) is 0 Å². The predicted molar refractivity (Wildman–Crippen MR) is 61.6 cm³/mol. The normalized spacial score (nSPS) is 36.8. The first kappa shape index (κ1) is 9.91. The smallest absolute Gasteiger partial charge is 0.117 e. The average Bonchev–Trinajstić information content (AvgIpc) is 2.38. The maximum absolute atomic E-state index is 10.8. The quantitative estimate of drug-likeness (QED) is 0.781. The summed E-state index contributed by atoms with van der Waals surface area (Å²) in [4.78, 5) is 0. The van der Waals surface area contributed by atoms with Gasteiger partial charge in [-0.15, -0.1) is 0 Å². The third kappa shape index (κ3) is 1.11. The van der Waals surface area contributed by atoms with Crippen molar-refractivity contribution in [3.8, 4) is 0 Å². The lowest BCUT2D eigenvalue weighted by Crippen LogP contribution is -2.54. The summed E-state index contributed by atoms with van der Waals surface area (Å²) in [6, 6.07) is 9.89. The molecule has 0 aromatic heterocycles. The molecule has 3 atom stereocenters. The van der Waals surface area contributed by atoms with Crippen LogP contribution in [0.1, 0.15) is 18.9 Å². The van der Waals surface area contributed by atoms with E-state index in [0.29, 0.717) is 5.92 Å². The second-order valence-corrected chi connectivity index (χ2v) is 4.76. The van der Waals surface area contributed by atoms with Gasteiger partial charge in [-0.1, -0.05) is 37.3 Å². The first-order valence-electron chi connectivity index (χ1n) is 5.84. The van der Waals surface area contributed by atoms with E-state index in [0.717, 1.165) is 24.2 Å². The van der Waals surface area contributed by atoms with Crippen molar-refractivity contribution in [1.29, 1.82) is 0 Å². The summed E-state index contributed by atoms with van der Waals surface area (Å²) in [5, 5.41) is 10.8. The van der Waals surface area contributed by atoms with E-state index in [1.54, 1.807) is 6.26 Å². The van der Waals surface area contributed by atoms with Gasteiger partial charge in [0, 0.05) is 11.5 Å². The van der Waals surface area contributed by atoms with Crippen LogP contribution in [0.3, 0.4) is 0 Å². The van der Waals surface area contributed by atoms with Crippen molar-refractivity contribution in [2.45, 2.75) is 18.9 Å². The maximum atomic E-state index is 10.8. The van der Waals surface area contributed by atoms with Gasteiger partial charge < -0.3 is 9.84 Å². The van der Waals surface area contributed by atoms with Crippen molar-refractivity contribution in [2.24, 2.45) is 11.8 Å². The first-order chi connectivity index (χ1) is 7.74. The van der Waals surface area contributed by atoms with Gasteiger partial charge in [-0.3, -0.25) is 0 Å². The van der Waals surface area contributed by atoms with E-state index in [4.69, 9.17) is 4.74 Å². The van der Waals surface area contributed by atoms with Crippen LogP contribution in [0.2, 0.25) is 0 Å². The lowest BCUT2D eigenvalue weighted by Gasteiger charge is -2.54. The molecule has 1 aromatic carbocycles. The molecule has 0 saturated heterocycles. The molecule has 1 aliphatic heterocycles. The minimum Gasteiger partial charge on any atom is -0.501 e. The lowest BCUT2D eigenvalue weighted by atomic mass is 9.54. The third-order valence-corrected chi connectivity index (χ3v) is 4.07. The molecular formula is C14H16O2. The molecule has 2 heteroatoms. The Kier molecular flexibility index (Phi) is 2.08. The molecule has 1 aromatic rings. The Morgan fingerprint density at radius 1 is 1.31 bits per heavy atom. The highest BCUT2D eigenvalue weighted by atomic mass is 16.5. The first-order valence-corrected chi connectivity index (χ1v) is 5.84. The fourth-order valence-corrected chi connectivity index (χ4v) is 3.06. The molecule has 84 valence electrons. The van der Waals surface area contributed by atoms with E-state index in [9.17, 15) is 5.11 Å². The number of aliphatic hydroxyl groups is 1. The average molecular weight is 216 g/mol. The highest BCUT2D eigenvalue weighted by Gasteiger charge is 2.56. The maximum Gasteiger partial charge on any atom is 0.117 e. The molecular weight excluding hydrogens is 200 g/mol. The van der Waals surface area contributed by atoms with Gasteiger partial charge in [-0.25, -0.2) is 0 Å². The molecule has 16 heavy (non-hydrogen) atoms. The van der Waals surface area contributed by atoms with E-state index >= 15 is 0 Å². The summed E-state index contributed by atoms with van der Waals surface area (Å²) < 4.78 is 5.35. The molecule has 0 radical (unpaired) electrons. The summed E-state index contributed by atoms with van der Waals surface area (Å²) in [6.07, 6.45) is 2.79. The van der Waals surface area contributed by atoms with Crippen LogP contribution in [0.5, 0.6) is 0 Å². The van der Waals surface area contributed by atoms with Gasteiger partial charge in [0.15, 0.2) is 0 Å². The molecule has 2 aliphatic rings. The standard InChI is InChI=1S/C14H16O2/c1-10-12-7-8-16-9-13(12)14(10,15)11-5-3-2-4-6-11/h2-6,9-10,12,15H,7-8H2,1H3/t10-,12+,14+/m0/s1. The van der Waals surface area contributed by atoms with E-state index in [1.807, 2.05) is 30.3 Å². The van der Waals surface area contributed by atoms with Gasteiger partial charge >= 0.3 is 0 Å². The SMILES string of the molecule is C[C@H]1[C@H]2CCOC=C2[C@]1(O)c1ccccc1. The minimum absolute atomic E-state index is 0.282. The molecule has 0 spiro atoms. The van der Waals surface area contributed by atoms with Crippen LogP contribution in [-0.2, 0) is 10.3 Å². The Morgan fingerprint density at radius 2 is 2.06 bits per heavy atom. The highest BCUT2D eigenvalue weighted by molar-refractivity contribution is 5.42. The Balaban J connectivity index is 2.03. The minimum atomic E-state index is -0.799. The number of fused-ring (bicyclic) bond motifs is 1. The summed E-state index contributed by atoms with van der Waals surface area (Å²) in [5.41, 5.74) is 1.24. The molecule has 1 fully saturated rings. The molecule has 2 nitrogen and oxygen atoms in total. The van der Waals surface area contributed by atoms with Crippen LogP contribution >= 0.6 is 0 Å². The van der Waals surface area contributed by atoms with Crippen LogP contribution in [0.25, 0.3) is 0 Å². The number of hydrogen-bond donors (Lipinski definition) is 1. The van der Waals surface area contributed by atoms with Crippen molar-refractivity contribution >= 4 is 0 Å². The van der Waals surface area contributed by atoms with E-state index < -0.39 is 5.60 Å². The molecule has 1 aliphatic carbocycles. The topological polar surface area (TPSA) is 29.5 Å². The zero-order valence-electron chi connectivity index (χ0n) is 9.39. The van der Waals surface area contributed by atoms with Gasteiger partial charge in [-0.05, 0) is 17.9 Å². The van der Waals surface area contributed by atoms with E-state index in [1.165, 1.54) is 0 Å². The van der Waals surface area contributed by atoms with Crippen LogP contribution in [0, 0.1) is 11.8 Å². The number of rotatable bonds is 1. The Bertz CT molecular complexity index is 424. The lowest BCUT2D eigenvalue weighted by molar-refractivity contribution is -0.0897. The van der Waals surface area contributed by atoms with Crippen LogP contribution in [0.15, 0.2) is 42.2 Å². The van der Waals surface area contributed by atoms with Crippen LogP contribution in [-0.4, -0.2) is 11.7 Å². The van der Waals surface area contributed by atoms with Crippen LogP contribution < -0.4 is 0 Å². The molecule has 1 N–H and O–H groups in total. The molecule has 0 unspecified atom stereocenters. The molecule has 0 bridgehead atoms. The zero-order valence-corrected chi connectivity index (χ0v) is 9.39. The van der Waals surface area contributed by atoms with Gasteiger partial charge in [0.05, 0.1) is 12.9 Å². The molecule has 3 rings (SSSR count). The summed E-state index contributed by atoms with van der Waals surface area (Å²) in [7, 11) is 0. The van der Waals surface area contributed by atoms with Crippen LogP contribution in [0.4, 0.5) is 0 Å². The Labute approximate surface area is 95.6 Å². The van der Waals surface area contributed by atoms with E-state index in [2.05, 4.69) is 6.92 Å². The van der Waals surface area contributed by atoms with Crippen molar-refractivity contribution in [3.05, 3.63) is 47.7 Å². The number of benzene rings is 1. The predicted octanol–water partition coefficient (Wildman–Crippen LogP) is 2.44. The van der Waals surface area contributed by atoms with Gasteiger partial charge in [0.2, 0.25) is 0 Å². The van der Waals surface area contributed by atoms with E-state index in [-0.39, 0.29) is 5.92 Å². The van der Waals surface area contributed by atoms with Crippen molar-refractivity contribution in [3.63, 3.8) is 0 Å². The monoisotopic (exact) mass is 216 g/mol. The van der Waals surface area contributed by atoms with Gasteiger partial charge in [0.25, 0.3) is 0 Å². The highest BCUT2D eigenvalue weighted by Crippen LogP contribution is 2.57. The van der Waals surface area contributed by atoms with Gasteiger partial charge in [0.1, 0.15) is 5.60 Å². The number of ether oxygens (including phenoxy) is 1.